The largest absolute Gasteiger partial charge is 0.498 e. The van der Waals surface area contributed by atoms with Gasteiger partial charge in [-0.05, 0) is 47.6 Å². The summed E-state index contributed by atoms with van der Waals surface area (Å²) in [6, 6.07) is 0. The summed E-state index contributed by atoms with van der Waals surface area (Å²) in [5, 5.41) is 35.5. The maximum atomic E-state index is 14.0. The number of aliphatic hydroxyl groups is 4. The molecule has 557 valence electrons. The van der Waals surface area contributed by atoms with E-state index < -0.39 is 157 Å². The highest BCUT2D eigenvalue weighted by Crippen LogP contribution is 2.35. The standard InChI is InChI=1S/C13H20O7.C11H17BrO5.C11H17FO5.C9H14F2O3.C9H14O3.C6H12O5.CH3BF.F2/c1-6-7(2)17-13(20-10(5)16)12(19-9(4)15)11(6)18-8(3)14;1-5-6(2)15-11(12)10(17-8(4)14)9(5)16-7(3)13;1-5-6(2)15-11(17-8(4)14)9(12)10(5)16-7(3)13;1-4-5(2)13-9(11)7(10)8(4)14-6(3)12;1-6-7(2)11-5-4-9(6)12-8(3)10;1-2-3(7)4(8)5(9)6(10)11-2;1-2-3;1-2/h6-7,11-13H,1-5H3;2*5-6,9-11H,1-4H3;4-5,7-9H,1-3H3;4-7,9H,1-3H3;2-10H,1H3;1H3;/t6-,7+,11-,12+,13?;5-,6+,9-,10+,11-;5-,6+,9+,10-,11?;4-,5+,7+,8-,9-;6-,7+,9+;2-,3+,4+,5-,6?;;/m111110../s1. The molecule has 0 spiro atoms. The van der Waals surface area contributed by atoms with Crippen molar-refractivity contribution in [3.63, 3.8) is 0 Å². The predicted molar refractivity (Wildman–Crippen MR) is 325 cm³/mol. The van der Waals surface area contributed by atoms with E-state index in [-0.39, 0.29) is 66.1 Å². The summed E-state index contributed by atoms with van der Waals surface area (Å²) in [5.74, 6) is -5.22. The number of ether oxygens (including phenoxy) is 15. The number of hydrogen-bond acceptors (Lipinski definition) is 28. The van der Waals surface area contributed by atoms with Crippen LogP contribution in [0.3, 0.4) is 0 Å². The molecule has 96 heavy (non-hydrogen) atoms. The van der Waals surface area contributed by atoms with Gasteiger partial charge in [-0.1, -0.05) is 57.4 Å². The van der Waals surface area contributed by atoms with Crippen molar-refractivity contribution < 1.29 is 161 Å². The topological polar surface area (TPSA) is 373 Å². The van der Waals surface area contributed by atoms with Crippen molar-refractivity contribution in [3.8, 4) is 0 Å². The molecular formula is C60H97BBrF6O28. The highest BCUT2D eigenvalue weighted by molar-refractivity contribution is 9.09. The molecule has 6 rings (SSSR count). The zero-order valence-electron chi connectivity index (χ0n) is 57.6. The van der Waals surface area contributed by atoms with Crippen molar-refractivity contribution in [3.05, 3.63) is 12.3 Å². The van der Waals surface area contributed by atoms with Crippen LogP contribution in [0.25, 0.3) is 0 Å². The molecule has 5 fully saturated rings. The summed E-state index contributed by atoms with van der Waals surface area (Å²) in [6.45, 7) is 32.2. The minimum atomic E-state index is -2.01. The van der Waals surface area contributed by atoms with E-state index in [1.807, 2.05) is 27.7 Å². The van der Waals surface area contributed by atoms with Crippen LogP contribution in [-0.4, -0.2) is 222 Å². The Morgan fingerprint density at radius 2 is 0.708 bits per heavy atom. The smallest absolute Gasteiger partial charge is 0.351 e. The summed E-state index contributed by atoms with van der Waals surface area (Å²) in [5.41, 5.74) is 0. The van der Waals surface area contributed by atoms with Crippen molar-refractivity contribution in [2.24, 2.45) is 29.6 Å². The molecule has 1 radical (unpaired) electrons. The predicted octanol–water partition coefficient (Wildman–Crippen LogP) is 5.98. The van der Waals surface area contributed by atoms with E-state index in [9.17, 15) is 60.6 Å². The second-order valence-corrected chi connectivity index (χ2v) is 23.7. The second kappa shape index (κ2) is 46.0. The second-order valence-electron chi connectivity index (χ2n) is 22.8. The summed E-state index contributed by atoms with van der Waals surface area (Å²) >= 11 is 3.29. The SMILES string of the molecule is CC(=O)OC1O[C@@H](C)[C@@H](C)[C@@H](OC(C)=O)[C@@H]1F.CC(=O)OC1O[C@@H](C)[C@@H](C)[C@@H](OC(C)=O)[C@@H]1OC(C)=O.CC(=O)O[C@@H]1[C@H](C)[C@H](C)O[C@@H](Br)[C@H]1OC(C)=O.CC(=O)O[C@@H]1[C@H](C)[C@H](C)O[C@@H](F)[C@H]1F.CC(=O)O[C@H]1C=CO[C@@H](C)[C@H]1C.C[B]F.C[C@@H]1OC(O)[C@@H](O)[C@H](O)[C@@H]1O.FF. The van der Waals surface area contributed by atoms with Crippen LogP contribution >= 0.6 is 15.9 Å². The Morgan fingerprint density at radius 1 is 0.385 bits per heavy atom. The van der Waals surface area contributed by atoms with Gasteiger partial charge in [-0.3, -0.25) is 43.2 Å². The fourth-order valence-corrected chi connectivity index (χ4v) is 10.0. The molecule has 5 saturated heterocycles. The maximum absolute atomic E-state index is 14.0. The maximum Gasteiger partial charge on any atom is 0.351 e. The van der Waals surface area contributed by atoms with Gasteiger partial charge in [0.25, 0.3) is 0 Å². The molecule has 28 atom stereocenters. The number of halogens is 7. The molecule has 3 unspecified atom stereocenters. The highest BCUT2D eigenvalue weighted by Gasteiger charge is 2.50. The Hall–Kier alpha value is -5.47. The van der Waals surface area contributed by atoms with E-state index in [1.165, 1.54) is 76.1 Å². The van der Waals surface area contributed by atoms with Gasteiger partial charge in [0, 0.05) is 101 Å². The van der Waals surface area contributed by atoms with Crippen LogP contribution in [0, 0.1) is 29.6 Å². The molecule has 4 N–H and O–H groups in total. The first-order valence-electron chi connectivity index (χ1n) is 30.3. The lowest BCUT2D eigenvalue weighted by Crippen LogP contribution is -2.56. The van der Waals surface area contributed by atoms with Crippen LogP contribution in [-0.2, 0) is 114 Å². The number of hydrogen-bond donors (Lipinski definition) is 4. The zero-order chi connectivity index (χ0) is 75.1. The van der Waals surface area contributed by atoms with Gasteiger partial charge < -0.3 is 95.8 Å². The minimum absolute atomic E-state index is 0.0444. The number of rotatable bonds is 9. The molecule has 0 aromatic carbocycles. The molecule has 0 aliphatic carbocycles. The molecule has 36 heteroatoms. The first kappa shape index (κ1) is 92.6. The van der Waals surface area contributed by atoms with Crippen molar-refractivity contribution in [2.75, 3.05) is 0 Å². The van der Waals surface area contributed by atoms with E-state index >= 15 is 0 Å². The third kappa shape index (κ3) is 32.5. The van der Waals surface area contributed by atoms with E-state index in [0.717, 1.165) is 0 Å². The Balaban J connectivity index is 0. The number of esters is 9. The lowest BCUT2D eigenvalue weighted by Gasteiger charge is -2.42. The molecule has 6 aliphatic rings. The fraction of sp³-hybridized carbons (Fsp3) is 0.817. The van der Waals surface area contributed by atoms with E-state index in [1.54, 1.807) is 53.9 Å². The Labute approximate surface area is 564 Å². The third-order valence-corrected chi connectivity index (χ3v) is 15.8. The van der Waals surface area contributed by atoms with Gasteiger partial charge in [0.15, 0.2) is 29.8 Å². The van der Waals surface area contributed by atoms with Crippen molar-refractivity contribution in [1.82, 2.24) is 0 Å². The zero-order valence-corrected chi connectivity index (χ0v) is 59.2. The number of aliphatic hydroxyl groups excluding tert-OH is 4. The monoisotopic (exact) mass is 1470 g/mol. The molecule has 0 bridgehead atoms. The van der Waals surface area contributed by atoms with Gasteiger partial charge >= 0.3 is 61.3 Å². The van der Waals surface area contributed by atoms with Crippen molar-refractivity contribution in [2.45, 2.75) is 286 Å². The van der Waals surface area contributed by atoms with Crippen LogP contribution in [0.4, 0.5) is 26.6 Å². The van der Waals surface area contributed by atoms with E-state index in [0.29, 0.717) is 7.56 Å². The third-order valence-electron chi connectivity index (χ3n) is 15.1. The molecule has 6 aliphatic heterocycles. The van der Waals surface area contributed by atoms with Crippen LogP contribution in [0.15, 0.2) is 12.3 Å². The average Bonchev–Trinajstić information content (AvgIpc) is 0.860. The fourth-order valence-electron chi connectivity index (χ4n) is 9.27. The molecule has 28 nitrogen and oxygen atoms in total. The van der Waals surface area contributed by atoms with Gasteiger partial charge in [-0.15, -0.1) is 0 Å². The van der Waals surface area contributed by atoms with Crippen molar-refractivity contribution >= 4 is 77.2 Å². The van der Waals surface area contributed by atoms with Crippen molar-refractivity contribution in [1.29, 1.82) is 0 Å². The Bertz CT molecular complexity index is 2390. The molecule has 0 saturated carbocycles. The first-order valence-corrected chi connectivity index (χ1v) is 31.2. The summed E-state index contributed by atoms with van der Waals surface area (Å²) in [7, 11) is 0.500. The van der Waals surface area contributed by atoms with Crippen LogP contribution in [0.2, 0.25) is 6.82 Å². The van der Waals surface area contributed by atoms with Gasteiger partial charge in [0.1, 0.15) is 54.9 Å². The van der Waals surface area contributed by atoms with Gasteiger partial charge in [-0.2, -0.15) is 0 Å². The Morgan fingerprint density at radius 3 is 1.12 bits per heavy atom. The first-order chi connectivity index (χ1) is 44.4. The van der Waals surface area contributed by atoms with E-state index in [2.05, 4.69) is 25.4 Å². The number of alkyl halides is 4. The molecular weight excluding hydrogens is 1370 g/mol. The van der Waals surface area contributed by atoms with Gasteiger partial charge in [-0.25, -0.2) is 13.2 Å². The normalized spacial score (nSPS) is 37.0. The summed E-state index contributed by atoms with van der Waals surface area (Å²) in [6.07, 6.45) is -16.7. The summed E-state index contributed by atoms with van der Waals surface area (Å²) in [4.78, 5) is 98.7. The number of carbonyl (C=O) groups is 9. The average molecular weight is 1470 g/mol. The summed E-state index contributed by atoms with van der Waals surface area (Å²) < 4.78 is 142. The molecule has 6 heterocycles. The van der Waals surface area contributed by atoms with E-state index in [4.69, 9.17) is 91.2 Å². The lowest BCUT2D eigenvalue weighted by atomic mass is 9.91. The van der Waals surface area contributed by atoms with Crippen LogP contribution in [0.1, 0.15) is 138 Å². The highest BCUT2D eigenvalue weighted by atomic mass is 79.9. The van der Waals surface area contributed by atoms with Gasteiger partial charge in [0.05, 0.1) is 36.8 Å². The molecule has 0 aromatic heterocycles. The van der Waals surface area contributed by atoms with Crippen LogP contribution in [0.5, 0.6) is 0 Å². The number of carbonyl (C=O) groups excluding carboxylic acids is 9. The molecule has 0 aromatic rings. The quantitative estimate of drug-likeness (QED) is 0.0677. The van der Waals surface area contributed by atoms with Gasteiger partial charge in [0.2, 0.25) is 25.0 Å². The lowest BCUT2D eigenvalue weighted by molar-refractivity contribution is -0.278. The minimum Gasteiger partial charge on any atom is -0.498 e. The van der Waals surface area contributed by atoms with Crippen LogP contribution < -0.4 is 0 Å². The molecule has 0 amide bonds. The Kier molecular flexibility index (Phi) is 44.4.